The van der Waals surface area contributed by atoms with Crippen molar-refractivity contribution in [3.8, 4) is 6.07 Å². The molecule has 10 heteroatoms. The molecule has 1 fully saturated rings. The molecule has 0 radical (unpaired) electrons. The fourth-order valence-corrected chi connectivity index (χ4v) is 4.56. The van der Waals surface area contributed by atoms with E-state index >= 15 is 0 Å². The molecule has 3 aromatic rings. The molecule has 1 aliphatic rings. The number of fused-ring (bicyclic) bond motifs is 1. The van der Waals surface area contributed by atoms with Crippen LogP contribution in [0.5, 0.6) is 0 Å². The van der Waals surface area contributed by atoms with Gasteiger partial charge >= 0.3 is 0 Å². The average Bonchev–Trinajstić information content (AvgIpc) is 3.40. The van der Waals surface area contributed by atoms with Crippen LogP contribution in [0.4, 0.5) is 17.6 Å². The molecule has 31 heavy (non-hydrogen) atoms. The molecule has 0 spiro atoms. The highest BCUT2D eigenvalue weighted by molar-refractivity contribution is 5.85. The first-order chi connectivity index (χ1) is 15.1. The Balaban J connectivity index is 1.54. The summed E-state index contributed by atoms with van der Waals surface area (Å²) in [6.07, 6.45) is 6.33. The maximum atomic E-state index is 9.04. The molecule has 2 atom stereocenters. The smallest absolute Gasteiger partial charge is 0.227 e. The van der Waals surface area contributed by atoms with E-state index in [1.807, 2.05) is 13.0 Å². The highest BCUT2D eigenvalue weighted by Gasteiger charge is 2.34. The molecular formula is C21H30N10. The second-order valence-electron chi connectivity index (χ2n) is 8.14. The van der Waals surface area contributed by atoms with Crippen molar-refractivity contribution in [1.29, 1.82) is 5.26 Å². The van der Waals surface area contributed by atoms with Gasteiger partial charge < -0.3 is 15.6 Å². The summed E-state index contributed by atoms with van der Waals surface area (Å²) < 4.78 is 0. The van der Waals surface area contributed by atoms with E-state index in [1.54, 1.807) is 6.33 Å². The Bertz CT molecular complexity index is 1030. The first kappa shape index (κ1) is 21.1. The summed E-state index contributed by atoms with van der Waals surface area (Å²) in [4.78, 5) is 19.3. The number of nitrogens with zero attached hydrogens (tertiary/aromatic N) is 6. The van der Waals surface area contributed by atoms with Gasteiger partial charge in [0.05, 0.1) is 12.4 Å². The zero-order valence-electron chi connectivity index (χ0n) is 18.3. The predicted octanol–water partition coefficient (Wildman–Crippen LogP) is 3.48. The van der Waals surface area contributed by atoms with Crippen LogP contribution in [0.3, 0.4) is 0 Å². The number of hydrogen-bond donors (Lipinski definition) is 4. The van der Waals surface area contributed by atoms with Crippen molar-refractivity contribution in [3.63, 3.8) is 0 Å². The van der Waals surface area contributed by atoms with Crippen LogP contribution >= 0.6 is 0 Å². The first-order valence-electron chi connectivity index (χ1n) is 11.0. The number of likely N-dealkylation sites (tertiary alicyclic amines) is 1. The van der Waals surface area contributed by atoms with Crippen molar-refractivity contribution in [1.82, 2.24) is 35.0 Å². The monoisotopic (exact) mass is 422 g/mol. The Morgan fingerprint density at radius 2 is 2.00 bits per heavy atom. The molecule has 164 valence electrons. The van der Waals surface area contributed by atoms with E-state index in [4.69, 9.17) is 10.2 Å². The Hall–Kier alpha value is -3.19. The second-order valence-corrected chi connectivity index (χ2v) is 8.14. The highest BCUT2D eigenvalue weighted by Crippen LogP contribution is 2.30. The van der Waals surface area contributed by atoms with Crippen molar-refractivity contribution < 1.29 is 0 Å². The topological polar surface area (TPSA) is 134 Å². The van der Waals surface area contributed by atoms with Gasteiger partial charge in [0.15, 0.2) is 22.8 Å². The molecule has 3 aromatic heterocycles. The van der Waals surface area contributed by atoms with Gasteiger partial charge in [-0.2, -0.15) is 20.3 Å². The van der Waals surface area contributed by atoms with Crippen LogP contribution in [0.15, 0.2) is 12.4 Å². The fraction of sp³-hybridized carbons (Fsp3) is 0.571. The molecule has 4 N–H and O–H groups in total. The third-order valence-corrected chi connectivity index (χ3v) is 6.04. The minimum absolute atomic E-state index is 0.272. The van der Waals surface area contributed by atoms with Gasteiger partial charge in [-0.15, -0.1) is 0 Å². The molecule has 1 saturated heterocycles. The molecule has 0 aliphatic carbocycles. The first-order valence-corrected chi connectivity index (χ1v) is 11.0. The number of piperidine rings is 1. The van der Waals surface area contributed by atoms with Crippen LogP contribution in [-0.2, 0) is 0 Å². The normalized spacial score (nSPS) is 21.8. The van der Waals surface area contributed by atoms with Gasteiger partial charge in [0.25, 0.3) is 0 Å². The zero-order valence-corrected chi connectivity index (χ0v) is 18.3. The molecule has 0 bridgehead atoms. The van der Waals surface area contributed by atoms with Gasteiger partial charge in [-0.3, -0.25) is 10.00 Å². The number of aromatic nitrogens is 6. The summed E-state index contributed by atoms with van der Waals surface area (Å²) in [5.41, 5.74) is 2.32. The second kappa shape index (κ2) is 9.31. The van der Waals surface area contributed by atoms with Crippen LogP contribution in [0, 0.1) is 18.3 Å². The van der Waals surface area contributed by atoms with Crippen LogP contribution in [0.25, 0.3) is 11.2 Å². The minimum atomic E-state index is 0.272. The Morgan fingerprint density at radius 3 is 2.65 bits per heavy atom. The van der Waals surface area contributed by atoms with E-state index in [2.05, 4.69) is 60.6 Å². The molecular weight excluding hydrogens is 392 g/mol. The van der Waals surface area contributed by atoms with Crippen molar-refractivity contribution in [2.45, 2.75) is 71.0 Å². The molecule has 4 heterocycles. The lowest BCUT2D eigenvalue weighted by atomic mass is 9.88. The number of nitrogens with one attached hydrogen (secondary N) is 4. The molecule has 10 nitrogen and oxygen atoms in total. The number of hydrogen-bond acceptors (Lipinski definition) is 8. The predicted molar refractivity (Wildman–Crippen MR) is 120 cm³/mol. The van der Waals surface area contributed by atoms with Gasteiger partial charge in [-0.1, -0.05) is 13.8 Å². The summed E-state index contributed by atoms with van der Waals surface area (Å²) >= 11 is 0. The van der Waals surface area contributed by atoms with Crippen molar-refractivity contribution in [2.75, 3.05) is 17.2 Å². The standard InChI is InChI=1S/C21H30N10/c1-4-15-10-14(11-16(5-2)31(15)8-6-7-22)25-21-27-19-18(23-12-24-19)20(28-21)26-17-9-13(3)29-30-17/h9,12,14-16H,4-6,8,10-11H2,1-3H3,(H4,23,24,25,26,27,28,29,30). The maximum absolute atomic E-state index is 9.04. The zero-order chi connectivity index (χ0) is 21.8. The van der Waals surface area contributed by atoms with Crippen LogP contribution in [0.1, 0.15) is 51.6 Å². The van der Waals surface area contributed by atoms with E-state index in [9.17, 15) is 0 Å². The van der Waals surface area contributed by atoms with Gasteiger partial charge in [-0.25, -0.2) is 4.98 Å². The van der Waals surface area contributed by atoms with Crippen molar-refractivity contribution >= 4 is 28.7 Å². The number of rotatable bonds is 8. The van der Waals surface area contributed by atoms with Gasteiger partial charge in [0.2, 0.25) is 5.95 Å². The molecule has 0 aromatic carbocycles. The van der Waals surface area contributed by atoms with Crippen molar-refractivity contribution in [2.24, 2.45) is 0 Å². The Labute approximate surface area is 181 Å². The summed E-state index contributed by atoms with van der Waals surface area (Å²) in [5.74, 6) is 1.88. The summed E-state index contributed by atoms with van der Waals surface area (Å²) in [5, 5.41) is 23.0. The highest BCUT2D eigenvalue weighted by atomic mass is 15.3. The van der Waals surface area contributed by atoms with E-state index in [1.165, 1.54) is 0 Å². The summed E-state index contributed by atoms with van der Waals surface area (Å²) in [6, 6.07) is 5.39. The molecule has 0 saturated carbocycles. The third-order valence-electron chi connectivity index (χ3n) is 6.04. The van der Waals surface area contributed by atoms with Crippen LogP contribution < -0.4 is 10.6 Å². The van der Waals surface area contributed by atoms with Crippen LogP contribution in [0.2, 0.25) is 0 Å². The Morgan fingerprint density at radius 1 is 1.23 bits per heavy atom. The van der Waals surface area contributed by atoms with Gasteiger partial charge in [0.1, 0.15) is 0 Å². The molecule has 2 unspecified atom stereocenters. The number of aryl methyl sites for hydroxylation is 1. The number of H-pyrrole nitrogens is 2. The van der Waals surface area contributed by atoms with Gasteiger partial charge in [-0.05, 0) is 32.6 Å². The van der Waals surface area contributed by atoms with E-state index in [-0.39, 0.29) is 6.04 Å². The largest absolute Gasteiger partial charge is 0.351 e. The van der Waals surface area contributed by atoms with E-state index in [0.29, 0.717) is 47.3 Å². The third kappa shape index (κ3) is 4.61. The number of anilines is 3. The number of aromatic amines is 2. The lowest BCUT2D eigenvalue weighted by Crippen LogP contribution is -2.52. The summed E-state index contributed by atoms with van der Waals surface area (Å²) in [6.45, 7) is 7.24. The van der Waals surface area contributed by atoms with Crippen molar-refractivity contribution in [3.05, 3.63) is 18.1 Å². The lowest BCUT2D eigenvalue weighted by molar-refractivity contribution is 0.0734. The quantitative estimate of drug-likeness (QED) is 0.433. The average molecular weight is 423 g/mol. The molecule has 0 amide bonds. The van der Waals surface area contributed by atoms with E-state index < -0.39 is 0 Å². The van der Waals surface area contributed by atoms with E-state index in [0.717, 1.165) is 37.9 Å². The molecule has 4 rings (SSSR count). The molecule has 1 aliphatic heterocycles. The lowest BCUT2D eigenvalue weighted by Gasteiger charge is -2.45. The number of nitriles is 1. The van der Waals surface area contributed by atoms with Crippen LogP contribution in [-0.4, -0.2) is 59.7 Å². The van der Waals surface area contributed by atoms with Gasteiger partial charge in [0, 0.05) is 42.9 Å². The fourth-order valence-electron chi connectivity index (χ4n) is 4.56. The summed E-state index contributed by atoms with van der Waals surface area (Å²) in [7, 11) is 0. The Kier molecular flexibility index (Phi) is 6.32. The SMILES string of the molecule is CCC1CC(Nc2nc(Nc3cc(C)[nH]n3)c3nc[nH]c3n2)CC(CC)N1CCC#N. The number of imidazole rings is 1. The minimum Gasteiger partial charge on any atom is -0.351 e. The maximum Gasteiger partial charge on any atom is 0.227 e.